The number of carbonyl (C=O) groups excluding carboxylic acids is 1. The highest BCUT2D eigenvalue weighted by Gasteiger charge is 2.19. The molecule has 2 N–H and O–H groups in total. The van der Waals surface area contributed by atoms with Crippen LogP contribution in [0.1, 0.15) is 36.1 Å². The number of ether oxygens (including phenoxy) is 1. The van der Waals surface area contributed by atoms with Gasteiger partial charge in [-0.25, -0.2) is 4.79 Å². The van der Waals surface area contributed by atoms with Crippen molar-refractivity contribution in [2.45, 2.75) is 46.6 Å². The second-order valence-electron chi connectivity index (χ2n) is 9.01. The number of benzene rings is 2. The van der Waals surface area contributed by atoms with Gasteiger partial charge >= 0.3 is 5.63 Å². The van der Waals surface area contributed by atoms with Crippen LogP contribution in [0.4, 0.5) is 0 Å². The lowest BCUT2D eigenvalue weighted by Gasteiger charge is -2.15. The van der Waals surface area contributed by atoms with Gasteiger partial charge in [-0.05, 0) is 69.0 Å². The number of aryl methyl sites for hydroxylation is 2. The monoisotopic (exact) mass is 458 g/mol. The van der Waals surface area contributed by atoms with Crippen LogP contribution in [0.3, 0.4) is 0 Å². The van der Waals surface area contributed by atoms with Crippen LogP contribution in [0.15, 0.2) is 64.0 Å². The fraction of sp³-hybridized carbons (Fsp3) is 0.286. The first kappa shape index (κ1) is 23.4. The standard InChI is InChI=1S/C28H30N2O4/c1-16(2)15-33-25-11-10-21-18(4)23(28(32)34-27(21)19(25)5)13-26(31)30-17(3)12-20-14-29-24-9-7-6-8-22(20)24/h6-11,14,17,29H,1,12-13,15H2,2-5H3,(H,30,31)/t17-/m1/s1. The maximum Gasteiger partial charge on any atom is 0.340 e. The Morgan fingerprint density at radius 2 is 1.91 bits per heavy atom. The van der Waals surface area contributed by atoms with E-state index in [2.05, 4.69) is 22.9 Å². The van der Waals surface area contributed by atoms with Crippen LogP contribution < -0.4 is 15.7 Å². The van der Waals surface area contributed by atoms with E-state index in [1.54, 1.807) is 0 Å². The molecule has 1 atom stereocenters. The van der Waals surface area contributed by atoms with Crippen molar-refractivity contribution in [3.05, 3.63) is 87.4 Å². The number of aromatic nitrogens is 1. The molecule has 0 fully saturated rings. The predicted octanol–water partition coefficient (Wildman–Crippen LogP) is 5.14. The third kappa shape index (κ3) is 4.76. The molecule has 6 heteroatoms. The van der Waals surface area contributed by atoms with Crippen LogP contribution in [-0.4, -0.2) is 23.5 Å². The largest absolute Gasteiger partial charge is 0.489 e. The highest BCUT2D eigenvalue weighted by atomic mass is 16.5. The summed E-state index contributed by atoms with van der Waals surface area (Å²) in [5.74, 6) is 0.440. The van der Waals surface area contributed by atoms with Gasteiger partial charge in [0.2, 0.25) is 5.91 Å². The van der Waals surface area contributed by atoms with Gasteiger partial charge in [-0.2, -0.15) is 0 Å². The zero-order valence-corrected chi connectivity index (χ0v) is 20.1. The van der Waals surface area contributed by atoms with Crippen molar-refractivity contribution in [2.75, 3.05) is 6.61 Å². The number of rotatable bonds is 8. The van der Waals surface area contributed by atoms with Crippen LogP contribution in [0, 0.1) is 13.8 Å². The molecule has 0 saturated heterocycles. The maximum absolute atomic E-state index is 12.8. The van der Waals surface area contributed by atoms with E-state index in [0.29, 0.717) is 29.9 Å². The van der Waals surface area contributed by atoms with E-state index in [-0.39, 0.29) is 18.4 Å². The molecule has 0 spiro atoms. The number of fused-ring (bicyclic) bond motifs is 2. The van der Waals surface area contributed by atoms with E-state index >= 15 is 0 Å². The van der Waals surface area contributed by atoms with Gasteiger partial charge in [0.1, 0.15) is 17.9 Å². The summed E-state index contributed by atoms with van der Waals surface area (Å²) in [6, 6.07) is 11.7. The lowest BCUT2D eigenvalue weighted by Crippen LogP contribution is -2.36. The number of carbonyl (C=O) groups is 1. The topological polar surface area (TPSA) is 84.3 Å². The first-order chi connectivity index (χ1) is 16.2. The molecule has 4 rings (SSSR count). The molecule has 0 unspecified atom stereocenters. The summed E-state index contributed by atoms with van der Waals surface area (Å²) in [5.41, 5.74) is 4.98. The fourth-order valence-corrected chi connectivity index (χ4v) is 4.30. The Kier molecular flexibility index (Phi) is 6.59. The van der Waals surface area contributed by atoms with Crippen LogP contribution in [0.2, 0.25) is 0 Å². The van der Waals surface area contributed by atoms with Gasteiger partial charge in [0, 0.05) is 34.1 Å². The summed E-state index contributed by atoms with van der Waals surface area (Å²) >= 11 is 0. The number of para-hydroxylation sites is 1. The summed E-state index contributed by atoms with van der Waals surface area (Å²) in [6.45, 7) is 11.8. The van der Waals surface area contributed by atoms with Crippen molar-refractivity contribution in [2.24, 2.45) is 0 Å². The number of hydrogen-bond donors (Lipinski definition) is 2. The number of nitrogens with one attached hydrogen (secondary N) is 2. The zero-order valence-electron chi connectivity index (χ0n) is 20.1. The molecule has 2 aromatic heterocycles. The third-order valence-electron chi connectivity index (χ3n) is 6.07. The highest BCUT2D eigenvalue weighted by Crippen LogP contribution is 2.29. The van der Waals surface area contributed by atoms with E-state index in [0.717, 1.165) is 38.6 Å². The van der Waals surface area contributed by atoms with Gasteiger partial charge in [0.15, 0.2) is 0 Å². The predicted molar refractivity (Wildman–Crippen MR) is 136 cm³/mol. The van der Waals surface area contributed by atoms with Crippen molar-refractivity contribution < 1.29 is 13.9 Å². The minimum absolute atomic E-state index is 0.0325. The van der Waals surface area contributed by atoms with Crippen molar-refractivity contribution in [3.63, 3.8) is 0 Å². The average molecular weight is 459 g/mol. The fourth-order valence-electron chi connectivity index (χ4n) is 4.30. The molecule has 0 radical (unpaired) electrons. The van der Waals surface area contributed by atoms with Crippen LogP contribution in [0.25, 0.3) is 21.9 Å². The Labute approximate surface area is 198 Å². The van der Waals surface area contributed by atoms with E-state index in [4.69, 9.17) is 9.15 Å². The molecule has 2 heterocycles. The number of H-pyrrole nitrogens is 1. The molecule has 1 amide bonds. The Hall–Kier alpha value is -3.80. The Balaban J connectivity index is 1.50. The number of aromatic amines is 1. The zero-order chi connectivity index (χ0) is 24.4. The average Bonchev–Trinajstić information content (AvgIpc) is 3.19. The second kappa shape index (κ2) is 9.59. The lowest BCUT2D eigenvalue weighted by atomic mass is 10.0. The molecule has 0 bridgehead atoms. The van der Waals surface area contributed by atoms with E-state index in [1.807, 2.05) is 64.2 Å². The Bertz CT molecular complexity index is 1440. The van der Waals surface area contributed by atoms with Crippen LogP contribution in [-0.2, 0) is 17.6 Å². The maximum atomic E-state index is 12.8. The van der Waals surface area contributed by atoms with Gasteiger partial charge < -0.3 is 19.5 Å². The summed E-state index contributed by atoms with van der Waals surface area (Å²) < 4.78 is 11.4. The number of amides is 1. The van der Waals surface area contributed by atoms with Crippen molar-refractivity contribution >= 4 is 27.8 Å². The summed E-state index contributed by atoms with van der Waals surface area (Å²) in [5, 5.41) is 4.97. The normalized spacial score (nSPS) is 12.1. The SMILES string of the molecule is C=C(C)COc1ccc2c(C)c(CC(=O)N[C@H](C)Cc3c[nH]c4ccccc34)c(=O)oc2c1C. The van der Waals surface area contributed by atoms with Crippen LogP contribution in [0.5, 0.6) is 5.75 Å². The van der Waals surface area contributed by atoms with Gasteiger partial charge in [0.05, 0.1) is 12.0 Å². The quantitative estimate of drug-likeness (QED) is 0.283. The minimum Gasteiger partial charge on any atom is -0.489 e. The Morgan fingerprint density at radius 3 is 2.68 bits per heavy atom. The molecule has 4 aromatic rings. The van der Waals surface area contributed by atoms with E-state index in [1.165, 1.54) is 0 Å². The molecule has 2 aromatic carbocycles. The molecular weight excluding hydrogens is 428 g/mol. The van der Waals surface area contributed by atoms with Gasteiger partial charge in [-0.3, -0.25) is 4.79 Å². The minimum atomic E-state index is -0.496. The van der Waals surface area contributed by atoms with E-state index < -0.39 is 5.63 Å². The lowest BCUT2D eigenvalue weighted by molar-refractivity contribution is -0.121. The molecule has 176 valence electrons. The smallest absolute Gasteiger partial charge is 0.340 e. The highest BCUT2D eigenvalue weighted by molar-refractivity contribution is 5.88. The first-order valence-corrected chi connectivity index (χ1v) is 11.4. The van der Waals surface area contributed by atoms with Crippen LogP contribution >= 0.6 is 0 Å². The molecule has 0 saturated carbocycles. The summed E-state index contributed by atoms with van der Waals surface area (Å²) in [6.07, 6.45) is 2.63. The second-order valence-corrected chi connectivity index (χ2v) is 9.01. The van der Waals surface area contributed by atoms with Gasteiger partial charge in [-0.1, -0.05) is 24.8 Å². The third-order valence-corrected chi connectivity index (χ3v) is 6.07. The molecule has 0 aliphatic rings. The summed E-state index contributed by atoms with van der Waals surface area (Å²) in [7, 11) is 0. The molecule has 0 aliphatic carbocycles. The van der Waals surface area contributed by atoms with E-state index in [9.17, 15) is 9.59 Å². The molecular formula is C28H30N2O4. The van der Waals surface area contributed by atoms with Gasteiger partial charge in [-0.15, -0.1) is 0 Å². The molecule has 6 nitrogen and oxygen atoms in total. The number of hydrogen-bond acceptors (Lipinski definition) is 4. The van der Waals surface area contributed by atoms with Gasteiger partial charge in [0.25, 0.3) is 0 Å². The van der Waals surface area contributed by atoms with Crippen molar-refractivity contribution in [1.82, 2.24) is 10.3 Å². The Morgan fingerprint density at radius 1 is 1.15 bits per heavy atom. The van der Waals surface area contributed by atoms with Crippen molar-refractivity contribution in [3.8, 4) is 5.75 Å². The molecule has 0 aliphatic heterocycles. The van der Waals surface area contributed by atoms with Crippen molar-refractivity contribution in [1.29, 1.82) is 0 Å². The summed E-state index contributed by atoms with van der Waals surface area (Å²) in [4.78, 5) is 28.9. The first-order valence-electron chi connectivity index (χ1n) is 11.4. The molecule has 34 heavy (non-hydrogen) atoms.